The largest absolute Gasteiger partial charge is 0.373 e. The Morgan fingerprint density at radius 2 is 0.508 bits per heavy atom. The van der Waals surface area contributed by atoms with Crippen LogP contribution in [0.3, 0.4) is 0 Å². The lowest BCUT2D eigenvalue weighted by molar-refractivity contribution is -0.380. The van der Waals surface area contributed by atoms with Crippen LogP contribution in [0.2, 0.25) is 0 Å². The summed E-state index contributed by atoms with van der Waals surface area (Å²) in [6.07, 6.45) is 15.3. The molecule has 0 heterocycles. The molecule has 0 spiro atoms. The Bertz CT molecular complexity index is 792. The number of ether oxygens (including phenoxy) is 12. The predicted octanol–water partition coefficient (Wildman–Crippen LogP) is 11.5. The summed E-state index contributed by atoms with van der Waals surface area (Å²) < 4.78 is 74.8. The molecule has 0 aromatic heterocycles. The highest BCUT2D eigenvalue weighted by atomic mass is 16.9. The minimum atomic E-state index is -0.940. The van der Waals surface area contributed by atoms with Gasteiger partial charge in [-0.05, 0) is 115 Å². The molecule has 0 aromatic carbocycles. The van der Waals surface area contributed by atoms with Crippen LogP contribution in [0.4, 0.5) is 0 Å². The van der Waals surface area contributed by atoms with Crippen molar-refractivity contribution in [1.29, 1.82) is 0 Å². The summed E-state index contributed by atoms with van der Waals surface area (Å²) in [6.45, 7) is 30.7. The van der Waals surface area contributed by atoms with Crippen molar-refractivity contribution in [3.8, 4) is 0 Å². The van der Waals surface area contributed by atoms with E-state index in [1.165, 1.54) is 0 Å². The van der Waals surface area contributed by atoms with E-state index in [9.17, 15) is 0 Å². The second-order valence-corrected chi connectivity index (χ2v) is 14.7. The Morgan fingerprint density at radius 3 is 0.763 bits per heavy atom. The highest BCUT2D eigenvalue weighted by Gasteiger charge is 2.45. The Labute approximate surface area is 363 Å². The summed E-state index contributed by atoms with van der Waals surface area (Å²) in [6, 6.07) is 0. The molecular formula is C47H96O12. The fraction of sp³-hybridized carbons (Fsp3) is 1.00. The van der Waals surface area contributed by atoms with Crippen molar-refractivity contribution in [2.24, 2.45) is 0 Å². The maximum absolute atomic E-state index is 6.58. The molecule has 12 heteroatoms. The van der Waals surface area contributed by atoms with Crippen LogP contribution in [0.25, 0.3) is 0 Å². The molecule has 0 saturated carbocycles. The van der Waals surface area contributed by atoms with Crippen LogP contribution in [0.1, 0.15) is 192 Å². The molecule has 0 aromatic rings. The Kier molecular flexibility index (Phi) is 36.6. The number of rotatable bonds is 46. The molecule has 0 bridgehead atoms. The molecule has 0 rings (SSSR count). The highest BCUT2D eigenvalue weighted by Crippen LogP contribution is 2.36. The average molecular weight is 853 g/mol. The van der Waals surface area contributed by atoms with Gasteiger partial charge in [-0.1, -0.05) is 51.4 Å². The van der Waals surface area contributed by atoms with Crippen LogP contribution >= 0.6 is 0 Å². The molecule has 12 nitrogen and oxygen atoms in total. The summed E-state index contributed by atoms with van der Waals surface area (Å²) in [5, 5.41) is 0. The SMILES string of the molecule is CCOC(CCCCCCCC(OCC)(OCC)OCC)C(CCCC(OCC)(OCC)C(CCCCCCCC(OCC)(OCC)OCC)OCC)(OCC)OCC. The summed E-state index contributed by atoms with van der Waals surface area (Å²) in [4.78, 5) is 0. The monoisotopic (exact) mass is 853 g/mol. The molecule has 0 amide bonds. The van der Waals surface area contributed by atoms with E-state index in [2.05, 4.69) is 13.8 Å². The first kappa shape index (κ1) is 58.5. The zero-order chi connectivity index (χ0) is 44.1. The molecule has 0 N–H and O–H groups in total. The van der Waals surface area contributed by atoms with Gasteiger partial charge in [0.15, 0.2) is 11.6 Å². The predicted molar refractivity (Wildman–Crippen MR) is 237 cm³/mol. The maximum atomic E-state index is 6.58. The lowest BCUT2D eigenvalue weighted by Crippen LogP contribution is -2.51. The lowest BCUT2D eigenvalue weighted by Gasteiger charge is -2.42. The van der Waals surface area contributed by atoms with Gasteiger partial charge in [-0.3, -0.25) is 0 Å². The molecule has 0 radical (unpaired) electrons. The van der Waals surface area contributed by atoms with E-state index in [1.807, 2.05) is 69.2 Å². The van der Waals surface area contributed by atoms with Crippen LogP contribution in [0, 0.1) is 0 Å². The van der Waals surface area contributed by atoms with Crippen molar-refractivity contribution >= 4 is 0 Å². The summed E-state index contributed by atoms with van der Waals surface area (Å²) in [5.41, 5.74) is 0. The second-order valence-electron chi connectivity index (χ2n) is 14.7. The van der Waals surface area contributed by atoms with Gasteiger partial charge in [0.25, 0.3) is 11.9 Å². The number of hydrogen-bond donors (Lipinski definition) is 0. The van der Waals surface area contributed by atoms with Crippen molar-refractivity contribution in [2.45, 2.75) is 228 Å². The van der Waals surface area contributed by atoms with Crippen molar-refractivity contribution < 1.29 is 56.8 Å². The molecule has 0 aliphatic heterocycles. The summed E-state index contributed by atoms with van der Waals surface area (Å²) in [7, 11) is 0. The normalized spacial score (nSPS) is 14.0. The summed E-state index contributed by atoms with van der Waals surface area (Å²) >= 11 is 0. The van der Waals surface area contributed by atoms with Gasteiger partial charge in [0.2, 0.25) is 0 Å². The lowest BCUT2D eigenvalue weighted by atomic mass is 9.92. The zero-order valence-electron chi connectivity index (χ0n) is 40.6. The number of hydrogen-bond acceptors (Lipinski definition) is 12. The third kappa shape index (κ3) is 23.1. The van der Waals surface area contributed by atoms with E-state index in [-0.39, 0.29) is 12.2 Å². The van der Waals surface area contributed by atoms with Gasteiger partial charge >= 0.3 is 0 Å². The Morgan fingerprint density at radius 1 is 0.254 bits per heavy atom. The first-order valence-corrected chi connectivity index (χ1v) is 24.3. The Balaban J connectivity index is 5.67. The fourth-order valence-corrected chi connectivity index (χ4v) is 8.29. The minimum absolute atomic E-state index is 0.203. The van der Waals surface area contributed by atoms with E-state index in [0.29, 0.717) is 92.1 Å². The molecule has 0 aliphatic carbocycles. The van der Waals surface area contributed by atoms with Gasteiger partial charge in [-0.15, -0.1) is 0 Å². The molecule has 2 atom stereocenters. The number of unbranched alkanes of at least 4 members (excludes halogenated alkanes) is 8. The minimum Gasteiger partial charge on any atom is -0.373 e. The average Bonchev–Trinajstić information content (AvgIpc) is 3.20. The van der Waals surface area contributed by atoms with Gasteiger partial charge in [0.05, 0.1) is 0 Å². The van der Waals surface area contributed by atoms with Crippen molar-refractivity contribution in [2.75, 3.05) is 79.3 Å². The van der Waals surface area contributed by atoms with Gasteiger partial charge < -0.3 is 56.8 Å². The van der Waals surface area contributed by atoms with E-state index in [4.69, 9.17) is 56.8 Å². The molecule has 2 unspecified atom stereocenters. The van der Waals surface area contributed by atoms with Crippen LogP contribution in [-0.4, -0.2) is 115 Å². The maximum Gasteiger partial charge on any atom is 0.282 e. The van der Waals surface area contributed by atoms with Gasteiger partial charge in [0, 0.05) is 105 Å². The molecule has 59 heavy (non-hydrogen) atoms. The zero-order valence-corrected chi connectivity index (χ0v) is 40.6. The molecule has 0 saturated heterocycles. The topological polar surface area (TPSA) is 111 Å². The van der Waals surface area contributed by atoms with Crippen LogP contribution in [0.15, 0.2) is 0 Å². The van der Waals surface area contributed by atoms with Gasteiger partial charge in [-0.25, -0.2) is 0 Å². The van der Waals surface area contributed by atoms with Crippen molar-refractivity contribution in [3.05, 3.63) is 0 Å². The van der Waals surface area contributed by atoms with Gasteiger partial charge in [-0.2, -0.15) is 0 Å². The smallest absolute Gasteiger partial charge is 0.282 e. The van der Waals surface area contributed by atoms with E-state index in [0.717, 1.165) is 96.3 Å². The van der Waals surface area contributed by atoms with E-state index in [1.54, 1.807) is 0 Å². The molecular weight excluding hydrogens is 757 g/mol. The first-order valence-electron chi connectivity index (χ1n) is 24.3. The van der Waals surface area contributed by atoms with E-state index >= 15 is 0 Å². The molecule has 0 fully saturated rings. The van der Waals surface area contributed by atoms with Crippen LogP contribution in [-0.2, 0) is 56.8 Å². The standard InChI is InChI=1S/C47H96O12/c1-13-48-42(36-31-27-25-29-33-40-46(54-19-7,55-20-8)56-21-9)44(50-15-3,51-16-4)38-35-39-45(52-17-5,53-18-6)43(49-14-2)37-32-28-26-30-34-41-47(57-22-10,58-23-11)59-24-12/h42-43H,13-41H2,1-12H3. The second kappa shape index (κ2) is 36.9. The van der Waals surface area contributed by atoms with Crippen LogP contribution < -0.4 is 0 Å². The van der Waals surface area contributed by atoms with Crippen molar-refractivity contribution in [1.82, 2.24) is 0 Å². The third-order valence-electron chi connectivity index (χ3n) is 10.4. The quantitative estimate of drug-likeness (QED) is 0.0429. The Hall–Kier alpha value is -0.480. The molecule has 0 aliphatic rings. The van der Waals surface area contributed by atoms with Gasteiger partial charge in [0.1, 0.15) is 12.2 Å². The van der Waals surface area contributed by atoms with Crippen LogP contribution in [0.5, 0.6) is 0 Å². The summed E-state index contributed by atoms with van der Waals surface area (Å²) in [5.74, 6) is -3.63. The van der Waals surface area contributed by atoms with Crippen molar-refractivity contribution in [3.63, 3.8) is 0 Å². The highest BCUT2D eigenvalue weighted by molar-refractivity contribution is 4.86. The molecule has 356 valence electrons. The fourth-order valence-electron chi connectivity index (χ4n) is 8.29. The third-order valence-corrected chi connectivity index (χ3v) is 10.4. The van der Waals surface area contributed by atoms with E-state index < -0.39 is 23.5 Å². The first-order chi connectivity index (χ1) is 28.6.